The van der Waals surface area contributed by atoms with Crippen LogP contribution in [-0.2, 0) is 14.1 Å². The number of nitrogen functional groups attached to an aromatic ring is 1. The van der Waals surface area contributed by atoms with Crippen LogP contribution in [-0.4, -0.2) is 71.8 Å². The zero-order valence-corrected chi connectivity index (χ0v) is 21.9. The third kappa shape index (κ3) is 5.17. The molecule has 1 fully saturated rings. The van der Waals surface area contributed by atoms with E-state index >= 15 is 0 Å². The Kier molecular flexibility index (Phi) is 7.49. The van der Waals surface area contributed by atoms with Gasteiger partial charge in [0.05, 0.1) is 0 Å². The van der Waals surface area contributed by atoms with E-state index in [-0.39, 0.29) is 40.4 Å². The predicted octanol–water partition coefficient (Wildman–Crippen LogP) is 2.01. The Balaban J connectivity index is 1.38. The van der Waals surface area contributed by atoms with Gasteiger partial charge in [0.1, 0.15) is 37.3 Å². The molecule has 1 aliphatic heterocycles. The summed E-state index contributed by atoms with van der Waals surface area (Å²) in [5.74, 6) is -0.860. The minimum absolute atomic E-state index is 0.0767. The number of nitrogens with zero attached hydrogens (tertiary/aromatic N) is 4. The average molecular weight is 578 g/mol. The van der Waals surface area contributed by atoms with Crippen molar-refractivity contribution < 1.29 is 38.7 Å². The molecule has 5 rings (SSSR count). The number of nitrogens with one attached hydrogen (secondary N) is 1. The maximum Gasteiger partial charge on any atom is 0.664 e. The van der Waals surface area contributed by atoms with Crippen LogP contribution in [0.2, 0.25) is 5.28 Å². The van der Waals surface area contributed by atoms with Crippen molar-refractivity contribution in [3.63, 3.8) is 0 Å². The Hall–Kier alpha value is -3.65. The lowest BCUT2D eigenvalue weighted by Crippen LogP contribution is -2.34. The van der Waals surface area contributed by atoms with Gasteiger partial charge in [0, 0.05) is 9.95 Å². The van der Waals surface area contributed by atoms with Crippen LogP contribution in [0.1, 0.15) is 13.2 Å². The van der Waals surface area contributed by atoms with Crippen LogP contribution in [0.4, 0.5) is 5.82 Å². The molecule has 16 heteroatoms. The van der Waals surface area contributed by atoms with Gasteiger partial charge in [-0.25, -0.2) is 19.5 Å². The van der Waals surface area contributed by atoms with E-state index in [4.69, 9.17) is 36.4 Å². The Bertz CT molecular complexity index is 1570. The summed E-state index contributed by atoms with van der Waals surface area (Å²) in [6.07, 6.45) is -3.79. The quantitative estimate of drug-likeness (QED) is 0.143. The highest BCUT2D eigenvalue weighted by Crippen LogP contribution is 2.41. The molecule has 0 spiro atoms. The largest absolute Gasteiger partial charge is 0.664 e. The molecule has 6 atom stereocenters. The van der Waals surface area contributed by atoms with Gasteiger partial charge in [-0.15, -0.1) is 0 Å². The molecule has 1 aliphatic rings. The number of aliphatic hydroxyl groups is 2. The Morgan fingerprint density at radius 1 is 1.26 bits per heavy atom. The number of hydrogen-bond acceptors (Lipinski definition) is 11. The van der Waals surface area contributed by atoms with Gasteiger partial charge in [-0.3, -0.25) is 9.36 Å². The van der Waals surface area contributed by atoms with Gasteiger partial charge in [-0.2, -0.15) is 0 Å². The SMILES string of the molecule is CC(N[P+](=O)Oc1c(OC[C@H]2O[C@@H](n3c(Cl)nc4c(N)ncnc43)[C@H](O)[C@@H]2O)ccc2ccccc12)C(=O)O. The zero-order chi connectivity index (χ0) is 27.8. The number of benzene rings is 2. The first-order valence-corrected chi connectivity index (χ1v) is 13.2. The number of aliphatic carboxylic acids is 1. The number of carboxylic acids is 1. The van der Waals surface area contributed by atoms with Crippen molar-refractivity contribution in [3.8, 4) is 11.5 Å². The normalized spacial score (nSPS) is 22.2. The van der Waals surface area contributed by atoms with Crippen molar-refractivity contribution in [3.05, 3.63) is 48.0 Å². The van der Waals surface area contributed by atoms with E-state index in [0.717, 1.165) is 5.39 Å². The highest BCUT2D eigenvalue weighted by atomic mass is 35.5. The highest BCUT2D eigenvalue weighted by Gasteiger charge is 2.46. The second-order valence-corrected chi connectivity index (χ2v) is 9.98. The van der Waals surface area contributed by atoms with E-state index in [1.165, 1.54) is 17.8 Å². The summed E-state index contributed by atoms with van der Waals surface area (Å²) in [6.45, 7) is 1.08. The summed E-state index contributed by atoms with van der Waals surface area (Å²) in [7, 11) is -2.64. The number of fused-ring (bicyclic) bond motifs is 2. The summed E-state index contributed by atoms with van der Waals surface area (Å²) in [6, 6.07) is 9.30. The summed E-state index contributed by atoms with van der Waals surface area (Å²) in [4.78, 5) is 23.2. The number of carboxylic acid groups (broad SMARTS) is 1. The van der Waals surface area contributed by atoms with Crippen molar-refractivity contribution in [1.29, 1.82) is 0 Å². The molecule has 4 aromatic rings. The van der Waals surface area contributed by atoms with Crippen LogP contribution < -0.4 is 20.1 Å². The first-order chi connectivity index (χ1) is 18.7. The second-order valence-electron chi connectivity index (χ2n) is 8.69. The minimum Gasteiger partial charge on any atom is -0.487 e. The molecule has 1 saturated heterocycles. The molecule has 6 N–H and O–H groups in total. The maximum absolute atomic E-state index is 12.6. The second kappa shape index (κ2) is 10.8. The number of imidazole rings is 1. The lowest BCUT2D eigenvalue weighted by molar-refractivity contribution is -0.138. The molecular weight excluding hydrogens is 555 g/mol. The predicted molar refractivity (Wildman–Crippen MR) is 139 cm³/mol. The Morgan fingerprint density at radius 2 is 2.03 bits per heavy atom. The van der Waals surface area contributed by atoms with E-state index in [2.05, 4.69) is 20.0 Å². The van der Waals surface area contributed by atoms with E-state index in [1.807, 2.05) is 12.1 Å². The summed E-state index contributed by atoms with van der Waals surface area (Å²) in [5, 5.41) is 34.2. The fourth-order valence-corrected chi connectivity index (χ4v) is 5.22. The molecule has 0 amide bonds. The topological polar surface area (TPSA) is 204 Å². The molecule has 39 heavy (non-hydrogen) atoms. The van der Waals surface area contributed by atoms with Crippen LogP contribution in [0.15, 0.2) is 42.7 Å². The van der Waals surface area contributed by atoms with Gasteiger partial charge < -0.3 is 30.5 Å². The lowest BCUT2D eigenvalue weighted by Gasteiger charge is -2.17. The Morgan fingerprint density at radius 3 is 2.79 bits per heavy atom. The van der Waals surface area contributed by atoms with Crippen molar-refractivity contribution in [2.24, 2.45) is 0 Å². The van der Waals surface area contributed by atoms with Crippen LogP contribution in [0, 0.1) is 0 Å². The maximum atomic E-state index is 12.6. The molecule has 2 aromatic carbocycles. The van der Waals surface area contributed by atoms with Gasteiger partial charge in [0.25, 0.3) is 0 Å². The van der Waals surface area contributed by atoms with Gasteiger partial charge in [0.2, 0.25) is 11.0 Å². The number of aliphatic hydroxyl groups excluding tert-OH is 2. The van der Waals surface area contributed by atoms with Crippen LogP contribution in [0.5, 0.6) is 11.5 Å². The van der Waals surface area contributed by atoms with Crippen molar-refractivity contribution in [1.82, 2.24) is 24.6 Å². The van der Waals surface area contributed by atoms with Gasteiger partial charge in [0.15, 0.2) is 29.0 Å². The van der Waals surface area contributed by atoms with Crippen LogP contribution in [0.25, 0.3) is 21.9 Å². The number of hydrogen-bond donors (Lipinski definition) is 5. The molecule has 0 bridgehead atoms. The highest BCUT2D eigenvalue weighted by molar-refractivity contribution is 7.37. The van der Waals surface area contributed by atoms with E-state index in [1.54, 1.807) is 24.3 Å². The van der Waals surface area contributed by atoms with E-state index < -0.39 is 44.7 Å². The smallest absolute Gasteiger partial charge is 0.487 e. The molecule has 0 aliphatic carbocycles. The van der Waals surface area contributed by atoms with Crippen LogP contribution in [0.3, 0.4) is 0 Å². The molecule has 2 unspecified atom stereocenters. The van der Waals surface area contributed by atoms with E-state index in [0.29, 0.717) is 5.39 Å². The Labute approximate surface area is 226 Å². The molecule has 0 saturated carbocycles. The van der Waals surface area contributed by atoms with Gasteiger partial charge in [-0.05, 0) is 30.0 Å². The first kappa shape index (κ1) is 26.9. The molecule has 0 radical (unpaired) electrons. The molecule has 2 aromatic heterocycles. The fourth-order valence-electron chi connectivity index (χ4n) is 4.13. The lowest BCUT2D eigenvalue weighted by atomic mass is 10.1. The number of anilines is 1. The summed E-state index contributed by atoms with van der Waals surface area (Å²) < 4.78 is 31.3. The van der Waals surface area contributed by atoms with Crippen molar-refractivity contribution in [2.75, 3.05) is 12.3 Å². The summed E-state index contributed by atoms with van der Waals surface area (Å²) in [5.41, 5.74) is 6.27. The van der Waals surface area contributed by atoms with Crippen molar-refractivity contribution in [2.45, 2.75) is 37.5 Å². The number of carbonyl (C=O) groups is 1. The number of halogens is 1. The average Bonchev–Trinajstić information content (AvgIpc) is 3.39. The first-order valence-electron chi connectivity index (χ1n) is 11.6. The van der Waals surface area contributed by atoms with E-state index in [9.17, 15) is 19.6 Å². The van der Waals surface area contributed by atoms with Crippen molar-refractivity contribution >= 4 is 53.5 Å². The monoisotopic (exact) mass is 577 g/mol. The molecule has 204 valence electrons. The van der Waals surface area contributed by atoms with Gasteiger partial charge in [-0.1, -0.05) is 35.4 Å². The minimum atomic E-state index is -2.64. The summed E-state index contributed by atoms with van der Waals surface area (Å²) >= 11 is 6.27. The molecular formula is C23H23ClN6O8P+. The number of aromatic nitrogens is 4. The van der Waals surface area contributed by atoms with Gasteiger partial charge >= 0.3 is 14.1 Å². The number of nitrogens with two attached hydrogens (primary N) is 1. The third-order valence-corrected chi connectivity index (χ3v) is 7.36. The molecule has 3 heterocycles. The standard InChI is InChI=1S/C23H22ClN6O8P/c1-10(22(33)34)29-39(35)38-18-12-5-3-2-4-11(12)6-7-13(18)36-8-14-16(31)17(32)21(37-14)30-20-15(28-23(30)24)19(25)26-9-27-20/h2-7,9-10,14,16-17,21,31-32H,8H2,1H3,(H3-,25,26,27,29,33,34,35)/p+1/t10?,14-,16-,17-,21-/m1/s1. The third-order valence-electron chi connectivity index (χ3n) is 6.14. The fraction of sp³-hybridized carbons (Fsp3) is 0.304. The number of rotatable bonds is 9. The van der Waals surface area contributed by atoms with Crippen LogP contribution >= 0.6 is 19.8 Å². The zero-order valence-electron chi connectivity index (χ0n) is 20.2. The number of ether oxygens (including phenoxy) is 2. The molecule has 14 nitrogen and oxygen atoms in total.